The van der Waals surface area contributed by atoms with Crippen LogP contribution in [0.5, 0.6) is 0 Å². The van der Waals surface area contributed by atoms with Gasteiger partial charge in [0.1, 0.15) is 24.3 Å². The fraction of sp³-hybridized carbons (Fsp3) is 0.462. The third-order valence-electron chi connectivity index (χ3n) is 9.21. The molecule has 12 nitrogen and oxygen atoms in total. The van der Waals surface area contributed by atoms with Crippen molar-refractivity contribution in [1.82, 2.24) is 39.5 Å². The first-order chi connectivity index (χ1) is 20.2. The van der Waals surface area contributed by atoms with Crippen LogP contribution in [0.1, 0.15) is 61.7 Å². The maximum Gasteiger partial charge on any atom is 0.239 e. The molecule has 42 heavy (non-hydrogen) atoms. The predicted octanol–water partition coefficient (Wildman–Crippen LogP) is 5.52. The smallest absolute Gasteiger partial charge is 0.239 e. The van der Waals surface area contributed by atoms with Crippen molar-refractivity contribution in [1.29, 1.82) is 0 Å². The molecule has 0 unspecified atom stereocenters. The van der Waals surface area contributed by atoms with Crippen molar-refractivity contribution in [2.45, 2.75) is 61.4 Å². The van der Waals surface area contributed by atoms with Crippen LogP contribution in [0.25, 0.3) is 0 Å². The highest BCUT2D eigenvalue weighted by Crippen LogP contribution is 2.55. The first kappa shape index (κ1) is 28.1. The summed E-state index contributed by atoms with van der Waals surface area (Å²) in [6.45, 7) is 1.72. The average Bonchev–Trinajstić information content (AvgIpc) is 3.82. The Morgan fingerprint density at radius 2 is 1.40 bits per heavy atom. The van der Waals surface area contributed by atoms with Gasteiger partial charge >= 0.3 is 0 Å². The Bertz CT molecular complexity index is 1680. The lowest BCUT2D eigenvalue weighted by Crippen LogP contribution is -2.26. The highest BCUT2D eigenvalue weighted by Gasteiger charge is 2.49. The second kappa shape index (κ2) is 10.5. The maximum atomic E-state index is 6.53. The summed E-state index contributed by atoms with van der Waals surface area (Å²) in [5, 5.41) is 16.8. The Morgan fingerprint density at radius 3 is 1.93 bits per heavy atom. The normalized spacial score (nSPS) is 27.0. The molecule has 0 bridgehead atoms. The summed E-state index contributed by atoms with van der Waals surface area (Å²) in [4.78, 5) is 16.9. The molecule has 0 radical (unpaired) electrons. The van der Waals surface area contributed by atoms with E-state index in [0.29, 0.717) is 17.9 Å². The van der Waals surface area contributed by atoms with Crippen LogP contribution >= 0.6 is 55.1 Å². The highest BCUT2D eigenvalue weighted by atomic mass is 79.9. The molecule has 0 saturated heterocycles. The first-order valence-corrected chi connectivity index (χ1v) is 16.0. The van der Waals surface area contributed by atoms with Gasteiger partial charge in [0.25, 0.3) is 0 Å². The van der Waals surface area contributed by atoms with E-state index in [-0.39, 0.29) is 16.9 Å². The fourth-order valence-corrected chi connectivity index (χ4v) is 8.54. The van der Waals surface area contributed by atoms with Gasteiger partial charge in [-0.3, -0.25) is 0 Å². The number of aromatic nitrogens is 8. The molecule has 16 heteroatoms. The van der Waals surface area contributed by atoms with Gasteiger partial charge in [-0.15, -0.1) is 5.10 Å². The Kier molecular flexibility index (Phi) is 7.02. The predicted molar refractivity (Wildman–Crippen MR) is 169 cm³/mol. The molecule has 2 saturated carbocycles. The van der Waals surface area contributed by atoms with Crippen LogP contribution in [0.4, 0.5) is 23.5 Å². The van der Waals surface area contributed by atoms with Crippen molar-refractivity contribution in [3.05, 3.63) is 55.2 Å². The van der Waals surface area contributed by atoms with E-state index in [4.69, 9.17) is 34.7 Å². The molecule has 6 N–H and O–H groups in total. The molecule has 220 valence electrons. The zero-order valence-corrected chi connectivity index (χ0v) is 27.0. The molecule has 2 aliphatic heterocycles. The second-order valence-corrected chi connectivity index (χ2v) is 14.0. The van der Waals surface area contributed by atoms with Gasteiger partial charge in [-0.05, 0) is 70.4 Å². The van der Waals surface area contributed by atoms with Crippen molar-refractivity contribution < 1.29 is 0 Å². The summed E-state index contributed by atoms with van der Waals surface area (Å²) in [6.07, 6.45) is 12.8. The van der Waals surface area contributed by atoms with Crippen LogP contribution in [-0.4, -0.2) is 52.6 Å². The van der Waals surface area contributed by atoms with Crippen molar-refractivity contribution >= 4 is 78.6 Å². The highest BCUT2D eigenvalue weighted by molar-refractivity contribution is 9.10. The van der Waals surface area contributed by atoms with Gasteiger partial charge in [0, 0.05) is 47.4 Å². The van der Waals surface area contributed by atoms with E-state index in [1.54, 1.807) is 18.7 Å². The van der Waals surface area contributed by atoms with E-state index in [1.807, 2.05) is 9.36 Å². The van der Waals surface area contributed by atoms with E-state index < -0.39 is 0 Å². The van der Waals surface area contributed by atoms with Crippen LogP contribution in [0.2, 0.25) is 10.0 Å². The summed E-state index contributed by atoms with van der Waals surface area (Å²) in [7, 11) is 0. The van der Waals surface area contributed by atoms with Crippen molar-refractivity contribution in [3.8, 4) is 0 Å². The molecular formula is C26H28Br2Cl2N12. The number of halogens is 4. The number of nitrogen functional groups attached to an aromatic ring is 2. The molecule has 4 atom stereocenters. The number of nitrogens with one attached hydrogen (secondary N) is 2. The molecule has 0 aromatic carbocycles. The SMILES string of the molecule is Nc1ncn([C@H]2CC[C@@]3(CNc4ncc(Br)c(Cl)c43)C2)n1.Nc1ncnn1[C@H]1CC[C@@]2(CNc3ncc(Br)c(Cl)c32)C1. The lowest BCUT2D eigenvalue weighted by atomic mass is 9.81. The third kappa shape index (κ3) is 4.52. The summed E-state index contributed by atoms with van der Waals surface area (Å²) in [5.74, 6) is 2.60. The largest absolute Gasteiger partial charge is 0.369 e. The summed E-state index contributed by atoms with van der Waals surface area (Å²) in [6, 6.07) is 0.563. The van der Waals surface area contributed by atoms with Gasteiger partial charge < -0.3 is 22.1 Å². The van der Waals surface area contributed by atoms with Crippen LogP contribution in [0.15, 0.2) is 34.0 Å². The summed E-state index contributed by atoms with van der Waals surface area (Å²) in [5.41, 5.74) is 13.8. The van der Waals surface area contributed by atoms with Gasteiger partial charge in [-0.25, -0.2) is 29.3 Å². The molecule has 4 aromatic rings. The Labute approximate surface area is 268 Å². The topological polar surface area (TPSA) is 163 Å². The van der Waals surface area contributed by atoms with Gasteiger partial charge in [0.2, 0.25) is 11.9 Å². The lowest BCUT2D eigenvalue weighted by molar-refractivity contribution is 0.418. The van der Waals surface area contributed by atoms with Crippen molar-refractivity contribution in [3.63, 3.8) is 0 Å². The van der Waals surface area contributed by atoms with Crippen molar-refractivity contribution in [2.24, 2.45) is 0 Å². The molecule has 4 aromatic heterocycles. The Balaban J connectivity index is 0.000000137. The average molecular weight is 739 g/mol. The van der Waals surface area contributed by atoms with Gasteiger partial charge in [0.05, 0.1) is 31.1 Å². The molecule has 0 amide bonds. The van der Waals surface area contributed by atoms with E-state index in [9.17, 15) is 0 Å². The van der Waals surface area contributed by atoms with E-state index in [0.717, 1.165) is 93.4 Å². The molecule has 2 spiro atoms. The maximum absolute atomic E-state index is 6.53. The standard InChI is InChI=1S/2C13H14BrClN6/c14-8-4-17-11-9(10(8)15)13(5-18-11)2-1-7(3-13)21-6-19-12(16)20-21;14-8-4-17-11-9(10(8)15)13(5-18-11)2-1-7(3-13)21-12(16)19-6-20-21/h4,6-7H,1-3,5H2,(H2,16,20)(H,17,18);4,6-7H,1-3,5H2,(H,17,18)(H2,16,19,20)/t2*7-,13-/m00/s1. The van der Waals surface area contributed by atoms with Crippen LogP contribution in [-0.2, 0) is 10.8 Å². The quantitative estimate of drug-likeness (QED) is 0.206. The Morgan fingerprint density at radius 1 is 0.833 bits per heavy atom. The first-order valence-electron chi connectivity index (χ1n) is 13.7. The van der Waals surface area contributed by atoms with Gasteiger partial charge in [-0.2, -0.15) is 5.10 Å². The number of pyridine rings is 2. The van der Waals surface area contributed by atoms with Crippen molar-refractivity contribution in [2.75, 3.05) is 35.2 Å². The van der Waals surface area contributed by atoms with E-state index >= 15 is 0 Å². The lowest BCUT2D eigenvalue weighted by Gasteiger charge is -2.24. The number of hydrogen-bond donors (Lipinski definition) is 4. The minimum absolute atomic E-state index is 0.00620. The molecule has 4 aliphatic rings. The summed E-state index contributed by atoms with van der Waals surface area (Å²) < 4.78 is 5.39. The molecule has 2 aliphatic carbocycles. The van der Waals surface area contributed by atoms with Gasteiger partial charge in [-0.1, -0.05) is 23.2 Å². The third-order valence-corrected chi connectivity index (χ3v) is 11.7. The van der Waals surface area contributed by atoms with Crippen LogP contribution in [0.3, 0.4) is 0 Å². The number of hydrogen-bond acceptors (Lipinski definition) is 10. The molecule has 6 heterocycles. The monoisotopic (exact) mass is 736 g/mol. The van der Waals surface area contributed by atoms with E-state index in [2.05, 4.69) is 72.6 Å². The second-order valence-electron chi connectivity index (χ2n) is 11.5. The minimum Gasteiger partial charge on any atom is -0.369 e. The van der Waals surface area contributed by atoms with Gasteiger partial charge in [0.15, 0.2) is 0 Å². The number of nitrogens with two attached hydrogens (primary N) is 2. The molecule has 2 fully saturated rings. The summed E-state index contributed by atoms with van der Waals surface area (Å²) >= 11 is 20.0. The number of fused-ring (bicyclic) bond motifs is 4. The number of anilines is 4. The number of rotatable bonds is 2. The zero-order chi connectivity index (χ0) is 29.2. The Hall–Kier alpha value is -2.68. The zero-order valence-electron chi connectivity index (χ0n) is 22.4. The molecular weight excluding hydrogens is 711 g/mol. The molecule has 8 rings (SSSR count). The van der Waals surface area contributed by atoms with Crippen LogP contribution < -0.4 is 22.1 Å². The van der Waals surface area contributed by atoms with E-state index in [1.165, 1.54) is 6.33 Å². The van der Waals surface area contributed by atoms with Crippen LogP contribution in [0, 0.1) is 0 Å². The fourth-order valence-electron chi connectivity index (χ4n) is 7.26. The minimum atomic E-state index is 0.00620. The number of nitrogens with zero attached hydrogens (tertiary/aromatic N) is 8.